The number of nitrogens with two attached hydrogens (primary N) is 1. The molecular weight excluding hydrogens is 186 g/mol. The molecule has 0 aliphatic rings. The molecule has 15 heavy (non-hydrogen) atoms. The van der Waals surface area contributed by atoms with Crippen LogP contribution in [0.1, 0.15) is 54.4 Å². The Morgan fingerprint density at radius 3 is 2.07 bits per heavy atom. The predicted octanol–water partition coefficient (Wildman–Crippen LogP) is 2.51. The molecule has 0 bridgehead atoms. The number of guanidine groups is 1. The van der Waals surface area contributed by atoms with Crippen LogP contribution in [0.25, 0.3) is 0 Å². The second-order valence-electron chi connectivity index (χ2n) is 5.21. The van der Waals surface area contributed by atoms with Gasteiger partial charge >= 0.3 is 0 Å². The molecule has 0 aliphatic heterocycles. The first-order chi connectivity index (χ1) is 6.80. The minimum absolute atomic E-state index is 0.0127. The topological polar surface area (TPSA) is 50.4 Å². The molecule has 3 N–H and O–H groups in total. The van der Waals surface area contributed by atoms with Gasteiger partial charge in [0.05, 0.1) is 6.04 Å². The Bertz CT molecular complexity index is 199. The third kappa shape index (κ3) is 6.37. The minimum atomic E-state index is -0.0127. The molecule has 3 heteroatoms. The highest BCUT2D eigenvalue weighted by Gasteiger charge is 2.14. The third-order valence-corrected chi connectivity index (χ3v) is 2.58. The fourth-order valence-corrected chi connectivity index (χ4v) is 1.71. The van der Waals surface area contributed by atoms with E-state index in [2.05, 4.69) is 51.9 Å². The number of nitrogens with one attached hydrogen (secondary N) is 1. The van der Waals surface area contributed by atoms with Crippen molar-refractivity contribution in [2.75, 3.05) is 0 Å². The van der Waals surface area contributed by atoms with Crippen LogP contribution < -0.4 is 11.1 Å². The summed E-state index contributed by atoms with van der Waals surface area (Å²) >= 11 is 0. The molecule has 0 saturated carbocycles. The zero-order valence-corrected chi connectivity index (χ0v) is 11.1. The predicted molar refractivity (Wildman–Crippen MR) is 68.0 cm³/mol. The quantitative estimate of drug-likeness (QED) is 0.557. The van der Waals surface area contributed by atoms with Crippen LogP contribution in [0.5, 0.6) is 0 Å². The second kappa shape index (κ2) is 5.99. The molecule has 0 aromatic heterocycles. The van der Waals surface area contributed by atoms with Gasteiger partial charge in [-0.3, -0.25) is 4.99 Å². The van der Waals surface area contributed by atoms with Crippen molar-refractivity contribution < 1.29 is 0 Å². The molecule has 1 atom stereocenters. The van der Waals surface area contributed by atoms with Crippen molar-refractivity contribution in [3.05, 3.63) is 0 Å². The van der Waals surface area contributed by atoms with Crippen molar-refractivity contribution in [1.82, 2.24) is 5.32 Å². The van der Waals surface area contributed by atoms with Crippen LogP contribution in [0.15, 0.2) is 4.99 Å². The monoisotopic (exact) mass is 213 g/mol. The average Bonchev–Trinajstić information content (AvgIpc) is 2.02. The van der Waals surface area contributed by atoms with Gasteiger partial charge in [0.15, 0.2) is 5.96 Å². The van der Waals surface area contributed by atoms with Crippen LogP contribution in [0.3, 0.4) is 0 Å². The Morgan fingerprint density at radius 1 is 1.27 bits per heavy atom. The van der Waals surface area contributed by atoms with Crippen molar-refractivity contribution in [2.45, 2.75) is 66.0 Å². The Morgan fingerprint density at radius 2 is 1.73 bits per heavy atom. The Labute approximate surface area is 94.5 Å². The lowest BCUT2D eigenvalue weighted by atomic mass is 9.96. The SMILES string of the molecule is CCC(CC)C(C)N=C(N)NC(C)(C)C. The highest BCUT2D eigenvalue weighted by Crippen LogP contribution is 2.15. The summed E-state index contributed by atoms with van der Waals surface area (Å²) in [5.41, 5.74) is 5.83. The first kappa shape index (κ1) is 14.3. The molecule has 90 valence electrons. The van der Waals surface area contributed by atoms with Crippen LogP contribution >= 0.6 is 0 Å². The molecule has 0 spiro atoms. The molecule has 0 amide bonds. The molecule has 1 unspecified atom stereocenters. The lowest BCUT2D eigenvalue weighted by Crippen LogP contribution is -2.45. The average molecular weight is 213 g/mol. The normalized spacial score (nSPS) is 15.5. The molecule has 0 fully saturated rings. The largest absolute Gasteiger partial charge is 0.370 e. The molecule has 0 rings (SSSR count). The lowest BCUT2D eigenvalue weighted by Gasteiger charge is -2.23. The molecule has 0 aromatic carbocycles. The molecule has 0 heterocycles. The van der Waals surface area contributed by atoms with E-state index in [9.17, 15) is 0 Å². The molecular formula is C12H27N3. The number of hydrogen-bond acceptors (Lipinski definition) is 1. The summed E-state index contributed by atoms with van der Waals surface area (Å²) in [6.45, 7) is 12.8. The fraction of sp³-hybridized carbons (Fsp3) is 0.917. The van der Waals surface area contributed by atoms with Gasteiger partial charge < -0.3 is 11.1 Å². The van der Waals surface area contributed by atoms with Crippen LogP contribution in [-0.2, 0) is 0 Å². The first-order valence-electron chi connectivity index (χ1n) is 5.91. The summed E-state index contributed by atoms with van der Waals surface area (Å²) in [6, 6.07) is 0.301. The maximum absolute atomic E-state index is 5.85. The summed E-state index contributed by atoms with van der Waals surface area (Å²) in [7, 11) is 0. The van der Waals surface area contributed by atoms with Crippen molar-refractivity contribution in [1.29, 1.82) is 0 Å². The second-order valence-corrected chi connectivity index (χ2v) is 5.21. The van der Waals surface area contributed by atoms with Crippen LogP contribution in [-0.4, -0.2) is 17.5 Å². The standard InChI is InChI=1S/C12H27N3/c1-7-10(8-2)9(3)14-11(13)15-12(4,5)6/h9-10H,7-8H2,1-6H3,(H3,13,14,15). The van der Waals surface area contributed by atoms with Crippen LogP contribution in [0, 0.1) is 5.92 Å². The zero-order valence-electron chi connectivity index (χ0n) is 11.1. The van der Waals surface area contributed by atoms with Gasteiger partial charge in [0.25, 0.3) is 0 Å². The van der Waals surface area contributed by atoms with E-state index in [1.807, 2.05) is 0 Å². The summed E-state index contributed by atoms with van der Waals surface area (Å²) in [5, 5.41) is 3.18. The number of rotatable bonds is 4. The van der Waals surface area contributed by atoms with E-state index < -0.39 is 0 Å². The molecule has 0 aliphatic carbocycles. The maximum atomic E-state index is 5.85. The van der Waals surface area contributed by atoms with Gasteiger partial charge in [0, 0.05) is 5.54 Å². The van der Waals surface area contributed by atoms with E-state index in [4.69, 9.17) is 5.73 Å². The highest BCUT2D eigenvalue weighted by atomic mass is 15.1. The lowest BCUT2D eigenvalue weighted by molar-refractivity contribution is 0.415. The van der Waals surface area contributed by atoms with Gasteiger partial charge in [-0.2, -0.15) is 0 Å². The van der Waals surface area contributed by atoms with E-state index in [1.54, 1.807) is 0 Å². The van der Waals surface area contributed by atoms with E-state index in [0.717, 1.165) is 12.8 Å². The number of aliphatic imine (C=N–C) groups is 1. The minimum Gasteiger partial charge on any atom is -0.370 e. The van der Waals surface area contributed by atoms with Gasteiger partial charge in [0.1, 0.15) is 0 Å². The van der Waals surface area contributed by atoms with Crippen molar-refractivity contribution in [3.8, 4) is 0 Å². The van der Waals surface area contributed by atoms with Crippen LogP contribution in [0.2, 0.25) is 0 Å². The van der Waals surface area contributed by atoms with E-state index in [0.29, 0.717) is 17.9 Å². The third-order valence-electron chi connectivity index (χ3n) is 2.58. The van der Waals surface area contributed by atoms with E-state index in [1.165, 1.54) is 0 Å². The van der Waals surface area contributed by atoms with Crippen LogP contribution in [0.4, 0.5) is 0 Å². The molecule has 0 radical (unpaired) electrons. The number of nitrogens with zero attached hydrogens (tertiary/aromatic N) is 1. The Balaban J connectivity index is 4.34. The van der Waals surface area contributed by atoms with Gasteiger partial charge in [0.2, 0.25) is 0 Å². The molecule has 3 nitrogen and oxygen atoms in total. The highest BCUT2D eigenvalue weighted by molar-refractivity contribution is 5.78. The van der Waals surface area contributed by atoms with Gasteiger partial charge in [-0.25, -0.2) is 0 Å². The smallest absolute Gasteiger partial charge is 0.189 e. The Hall–Kier alpha value is -0.730. The van der Waals surface area contributed by atoms with Gasteiger partial charge in [-0.1, -0.05) is 26.7 Å². The summed E-state index contributed by atoms with van der Waals surface area (Å²) < 4.78 is 0. The van der Waals surface area contributed by atoms with E-state index >= 15 is 0 Å². The summed E-state index contributed by atoms with van der Waals surface area (Å²) in [6.07, 6.45) is 2.31. The zero-order chi connectivity index (χ0) is 12.1. The summed E-state index contributed by atoms with van der Waals surface area (Å²) in [4.78, 5) is 4.49. The van der Waals surface area contributed by atoms with Gasteiger partial charge in [-0.15, -0.1) is 0 Å². The van der Waals surface area contributed by atoms with Crippen molar-refractivity contribution in [3.63, 3.8) is 0 Å². The number of hydrogen-bond donors (Lipinski definition) is 2. The molecule has 0 aromatic rings. The fourth-order valence-electron chi connectivity index (χ4n) is 1.71. The van der Waals surface area contributed by atoms with Crippen molar-refractivity contribution >= 4 is 5.96 Å². The molecule has 0 saturated heterocycles. The van der Waals surface area contributed by atoms with E-state index in [-0.39, 0.29) is 5.54 Å². The first-order valence-corrected chi connectivity index (χ1v) is 5.91. The maximum Gasteiger partial charge on any atom is 0.189 e. The summed E-state index contributed by atoms with van der Waals surface area (Å²) in [5.74, 6) is 1.19. The Kier molecular flexibility index (Phi) is 5.69. The van der Waals surface area contributed by atoms with Gasteiger partial charge in [-0.05, 0) is 33.6 Å². The van der Waals surface area contributed by atoms with Crippen molar-refractivity contribution in [2.24, 2.45) is 16.6 Å².